The summed E-state index contributed by atoms with van der Waals surface area (Å²) in [7, 11) is 0. The van der Waals surface area contributed by atoms with E-state index in [1.54, 1.807) is 18.0 Å². The predicted octanol–water partition coefficient (Wildman–Crippen LogP) is 3.03. The fraction of sp³-hybridized carbons (Fsp3) is 0.522. The fourth-order valence-electron chi connectivity index (χ4n) is 3.98. The lowest BCUT2D eigenvalue weighted by Crippen LogP contribution is -2.40. The molecule has 160 valence electrons. The molecule has 1 aromatic heterocycles. The molecule has 1 aliphatic carbocycles. The zero-order valence-corrected chi connectivity index (χ0v) is 17.7. The summed E-state index contributed by atoms with van der Waals surface area (Å²) in [6.45, 7) is 7.22. The summed E-state index contributed by atoms with van der Waals surface area (Å²) in [4.78, 5) is 31.6. The number of fused-ring (bicyclic) bond motifs is 1. The second-order valence-corrected chi connectivity index (χ2v) is 8.43. The molecule has 0 unspecified atom stereocenters. The fourth-order valence-corrected chi connectivity index (χ4v) is 3.98. The number of hydrogen-bond donors (Lipinski definition) is 0. The number of para-hydroxylation sites is 1. The van der Waals surface area contributed by atoms with Gasteiger partial charge in [-0.1, -0.05) is 18.2 Å². The number of amides is 1. The molecule has 30 heavy (non-hydrogen) atoms. The molecule has 3 atom stereocenters. The molecule has 1 aromatic carbocycles. The van der Waals surface area contributed by atoms with Gasteiger partial charge in [-0.15, -0.1) is 0 Å². The lowest BCUT2D eigenvalue weighted by atomic mass is 10.1. The van der Waals surface area contributed by atoms with Crippen LogP contribution in [0.1, 0.15) is 37.6 Å². The molecule has 1 saturated carbocycles. The van der Waals surface area contributed by atoms with Crippen LogP contribution < -0.4 is 0 Å². The van der Waals surface area contributed by atoms with Crippen molar-refractivity contribution >= 4 is 22.8 Å². The number of esters is 1. The van der Waals surface area contributed by atoms with Crippen molar-refractivity contribution in [2.45, 2.75) is 39.1 Å². The van der Waals surface area contributed by atoms with Crippen molar-refractivity contribution < 1.29 is 23.8 Å². The number of carbonyl (C=O) groups is 2. The summed E-state index contributed by atoms with van der Waals surface area (Å²) in [6, 6.07) is 9.57. The third-order valence-electron chi connectivity index (χ3n) is 5.58. The number of carbonyl (C=O) groups excluding carboxylic acids is 2. The van der Waals surface area contributed by atoms with E-state index in [9.17, 15) is 9.59 Å². The van der Waals surface area contributed by atoms with Gasteiger partial charge in [-0.25, -0.2) is 0 Å². The average molecular weight is 412 g/mol. The lowest BCUT2D eigenvalue weighted by molar-refractivity contribution is -0.145. The second-order valence-electron chi connectivity index (χ2n) is 8.43. The zero-order valence-electron chi connectivity index (χ0n) is 17.7. The SMILES string of the molecule is CCOC(=O)[C@@H]1C[C@@H]1CN(C[C@@H]1COC(C)(C)O1)C(=O)c1cnc2ccccc2c1. The summed E-state index contributed by atoms with van der Waals surface area (Å²) >= 11 is 0. The Bertz CT molecular complexity index is 944. The van der Waals surface area contributed by atoms with E-state index in [1.807, 2.05) is 44.2 Å². The highest BCUT2D eigenvalue weighted by Crippen LogP contribution is 2.40. The van der Waals surface area contributed by atoms with Crippen LogP contribution in [0, 0.1) is 11.8 Å². The first-order valence-corrected chi connectivity index (χ1v) is 10.5. The molecule has 7 nitrogen and oxygen atoms in total. The molecule has 4 rings (SSSR count). The van der Waals surface area contributed by atoms with Crippen molar-refractivity contribution in [3.63, 3.8) is 0 Å². The number of benzene rings is 1. The van der Waals surface area contributed by atoms with Gasteiger partial charge >= 0.3 is 5.97 Å². The van der Waals surface area contributed by atoms with E-state index >= 15 is 0 Å². The van der Waals surface area contributed by atoms with Crippen molar-refractivity contribution in [2.24, 2.45) is 11.8 Å². The summed E-state index contributed by atoms with van der Waals surface area (Å²) in [6.07, 6.45) is 2.15. The summed E-state index contributed by atoms with van der Waals surface area (Å²) in [5, 5.41) is 0.917. The number of hydrogen-bond acceptors (Lipinski definition) is 6. The Morgan fingerprint density at radius 2 is 2.07 bits per heavy atom. The van der Waals surface area contributed by atoms with E-state index in [4.69, 9.17) is 14.2 Å². The van der Waals surface area contributed by atoms with Crippen LogP contribution in [0.4, 0.5) is 0 Å². The van der Waals surface area contributed by atoms with Crippen LogP contribution in [0.5, 0.6) is 0 Å². The minimum absolute atomic E-state index is 0.108. The number of rotatable bonds is 7. The molecule has 2 heterocycles. The topological polar surface area (TPSA) is 78.0 Å². The Morgan fingerprint density at radius 3 is 2.80 bits per heavy atom. The Balaban J connectivity index is 1.51. The Hall–Kier alpha value is -2.51. The molecule has 0 spiro atoms. The Morgan fingerprint density at radius 1 is 1.27 bits per heavy atom. The molecular formula is C23H28N2O5. The van der Waals surface area contributed by atoms with Gasteiger partial charge in [0.2, 0.25) is 0 Å². The first-order chi connectivity index (χ1) is 14.4. The van der Waals surface area contributed by atoms with Crippen LogP contribution in [-0.4, -0.2) is 60.0 Å². The van der Waals surface area contributed by atoms with E-state index < -0.39 is 5.79 Å². The van der Waals surface area contributed by atoms with Crippen LogP contribution in [0.25, 0.3) is 10.9 Å². The smallest absolute Gasteiger partial charge is 0.309 e. The van der Waals surface area contributed by atoms with Gasteiger partial charge in [0.05, 0.1) is 30.2 Å². The molecule has 1 saturated heterocycles. The van der Waals surface area contributed by atoms with Crippen LogP contribution in [-0.2, 0) is 19.0 Å². The summed E-state index contributed by atoms with van der Waals surface area (Å²) < 4.78 is 16.7. The minimum atomic E-state index is -0.656. The molecule has 1 aliphatic heterocycles. The van der Waals surface area contributed by atoms with Crippen LogP contribution in [0.2, 0.25) is 0 Å². The second kappa shape index (κ2) is 8.32. The van der Waals surface area contributed by atoms with Crippen molar-refractivity contribution in [2.75, 3.05) is 26.3 Å². The molecule has 7 heteroatoms. The average Bonchev–Trinajstić information content (AvgIpc) is 3.41. The molecule has 2 aliphatic rings. The molecule has 0 radical (unpaired) electrons. The lowest BCUT2D eigenvalue weighted by Gasteiger charge is -2.26. The van der Waals surface area contributed by atoms with Crippen LogP contribution >= 0.6 is 0 Å². The molecule has 0 bridgehead atoms. The highest BCUT2D eigenvalue weighted by Gasteiger charge is 2.46. The standard InChI is InChI=1S/C23H28N2O5/c1-4-28-22(27)19-10-17(19)12-25(13-18-14-29-23(2,3)30-18)21(26)16-9-15-7-5-6-8-20(15)24-11-16/h5-9,11,17-19H,4,10,12-14H2,1-3H3/t17-,18-,19-/m1/s1. The van der Waals surface area contributed by atoms with E-state index in [0.717, 1.165) is 17.3 Å². The van der Waals surface area contributed by atoms with Crippen molar-refractivity contribution in [1.82, 2.24) is 9.88 Å². The molecular weight excluding hydrogens is 384 g/mol. The van der Waals surface area contributed by atoms with Gasteiger partial charge in [-0.2, -0.15) is 0 Å². The normalized spacial score (nSPS) is 24.6. The van der Waals surface area contributed by atoms with E-state index in [0.29, 0.717) is 31.9 Å². The van der Waals surface area contributed by atoms with Gasteiger partial charge in [-0.3, -0.25) is 14.6 Å². The van der Waals surface area contributed by atoms with E-state index in [2.05, 4.69) is 4.98 Å². The minimum Gasteiger partial charge on any atom is -0.466 e. The summed E-state index contributed by atoms with van der Waals surface area (Å²) in [5.41, 5.74) is 1.37. The van der Waals surface area contributed by atoms with E-state index in [1.165, 1.54) is 0 Å². The van der Waals surface area contributed by atoms with Gasteiger partial charge in [0, 0.05) is 24.7 Å². The van der Waals surface area contributed by atoms with Crippen LogP contribution in [0.3, 0.4) is 0 Å². The quantitative estimate of drug-likeness (QED) is 0.651. The van der Waals surface area contributed by atoms with Crippen molar-refractivity contribution in [3.05, 3.63) is 42.1 Å². The third kappa shape index (κ3) is 4.63. The number of nitrogens with zero attached hydrogens (tertiary/aromatic N) is 2. The monoisotopic (exact) mass is 412 g/mol. The molecule has 2 fully saturated rings. The summed E-state index contributed by atoms with van der Waals surface area (Å²) in [5.74, 6) is -0.972. The van der Waals surface area contributed by atoms with Crippen LogP contribution in [0.15, 0.2) is 36.5 Å². The molecule has 2 aromatic rings. The highest BCUT2D eigenvalue weighted by molar-refractivity contribution is 5.97. The first-order valence-electron chi connectivity index (χ1n) is 10.5. The Labute approximate surface area is 176 Å². The van der Waals surface area contributed by atoms with Gasteiger partial charge in [0.15, 0.2) is 5.79 Å². The zero-order chi connectivity index (χ0) is 21.3. The molecule has 1 amide bonds. The van der Waals surface area contributed by atoms with Gasteiger partial charge in [-0.05, 0) is 45.2 Å². The predicted molar refractivity (Wildman–Crippen MR) is 111 cm³/mol. The van der Waals surface area contributed by atoms with E-state index in [-0.39, 0.29) is 29.8 Å². The maximum absolute atomic E-state index is 13.4. The van der Waals surface area contributed by atoms with Gasteiger partial charge < -0.3 is 19.1 Å². The highest BCUT2D eigenvalue weighted by atomic mass is 16.7. The van der Waals surface area contributed by atoms with Gasteiger partial charge in [0.25, 0.3) is 5.91 Å². The number of ether oxygens (including phenoxy) is 3. The number of pyridine rings is 1. The van der Waals surface area contributed by atoms with Crippen molar-refractivity contribution in [1.29, 1.82) is 0 Å². The molecule has 0 N–H and O–H groups in total. The maximum atomic E-state index is 13.4. The maximum Gasteiger partial charge on any atom is 0.309 e. The first kappa shape index (κ1) is 20.8. The number of aromatic nitrogens is 1. The van der Waals surface area contributed by atoms with Gasteiger partial charge in [0.1, 0.15) is 6.10 Å². The third-order valence-corrected chi connectivity index (χ3v) is 5.58. The largest absolute Gasteiger partial charge is 0.466 e. The van der Waals surface area contributed by atoms with Crippen molar-refractivity contribution in [3.8, 4) is 0 Å². The Kier molecular flexibility index (Phi) is 5.75.